The highest BCUT2D eigenvalue weighted by atomic mass is 32.2. The molecule has 0 spiro atoms. The van der Waals surface area contributed by atoms with Crippen molar-refractivity contribution in [2.75, 3.05) is 32.2 Å². The molecule has 12 heteroatoms. The highest BCUT2D eigenvalue weighted by molar-refractivity contribution is 7.86. The summed E-state index contributed by atoms with van der Waals surface area (Å²) in [5.41, 5.74) is 0. The highest BCUT2D eigenvalue weighted by Gasteiger charge is 2.31. The summed E-state index contributed by atoms with van der Waals surface area (Å²) in [5, 5.41) is 0. The molecule has 0 aliphatic rings. The highest BCUT2D eigenvalue weighted by Crippen LogP contribution is 2.49. The predicted molar refractivity (Wildman–Crippen MR) is 62.6 cm³/mol. The van der Waals surface area contributed by atoms with E-state index in [1.807, 2.05) is 0 Å². The minimum Gasteiger partial charge on any atom is -0.287 e. The van der Waals surface area contributed by atoms with Gasteiger partial charge in [0.25, 0.3) is 10.1 Å². The largest absolute Gasteiger partial charge is 0.474 e. The van der Waals surface area contributed by atoms with Gasteiger partial charge in [-0.15, -0.1) is 0 Å². The molecule has 0 aliphatic heterocycles. The van der Waals surface area contributed by atoms with Crippen molar-refractivity contribution >= 4 is 17.9 Å². The second-order valence-corrected chi connectivity index (χ2v) is 6.68. The van der Waals surface area contributed by atoms with Gasteiger partial charge in [-0.05, 0) is 13.8 Å². The first-order valence-corrected chi connectivity index (χ1v) is 8.55. The van der Waals surface area contributed by atoms with Crippen molar-refractivity contribution in [2.45, 2.75) is 20.0 Å². The molecule has 0 saturated carbocycles. The Labute approximate surface area is 115 Å². The quantitative estimate of drug-likeness (QED) is 0.443. The Balaban J connectivity index is 4.29. The zero-order chi connectivity index (χ0) is 15.9. The number of hydrogen-bond donors (Lipinski definition) is 0. The molecule has 0 heterocycles. The van der Waals surface area contributed by atoms with Crippen LogP contribution in [0.1, 0.15) is 13.8 Å². The van der Waals surface area contributed by atoms with Crippen LogP contribution >= 0.6 is 7.82 Å². The van der Waals surface area contributed by atoms with E-state index in [1.165, 1.54) is 13.8 Å². The van der Waals surface area contributed by atoms with Crippen LogP contribution in [0, 0.1) is 0 Å². The van der Waals surface area contributed by atoms with Crippen molar-refractivity contribution in [1.29, 1.82) is 0 Å². The number of rotatable bonds is 10. The minimum atomic E-state index is -4.76. The zero-order valence-electron chi connectivity index (χ0n) is 10.9. The average Bonchev–Trinajstić information content (AvgIpc) is 2.26. The first-order chi connectivity index (χ1) is 9.04. The number of hydrogen-bond acceptors (Lipinski definition) is 7. The van der Waals surface area contributed by atoms with E-state index in [-0.39, 0.29) is 13.2 Å². The van der Waals surface area contributed by atoms with E-state index >= 15 is 0 Å². The molecule has 0 aromatic rings. The fourth-order valence-corrected chi connectivity index (χ4v) is 2.91. The number of alkyl halides is 3. The van der Waals surface area contributed by atoms with Gasteiger partial charge in [-0.3, -0.25) is 17.8 Å². The van der Waals surface area contributed by atoms with Crippen LogP contribution in [-0.4, -0.2) is 46.8 Å². The summed E-state index contributed by atoms with van der Waals surface area (Å²) < 4.78 is 87.1. The fraction of sp³-hybridized carbons (Fsp3) is 1.00. The van der Waals surface area contributed by atoms with Gasteiger partial charge in [0.1, 0.15) is 0 Å². The third kappa shape index (κ3) is 9.67. The molecule has 0 atom stereocenters. The van der Waals surface area contributed by atoms with Gasteiger partial charge in [-0.2, -0.15) is 21.6 Å². The van der Waals surface area contributed by atoms with Crippen LogP contribution in [0.4, 0.5) is 13.2 Å². The van der Waals surface area contributed by atoms with Crippen LogP contribution < -0.4 is 0 Å². The lowest BCUT2D eigenvalue weighted by Crippen LogP contribution is -2.23. The van der Waals surface area contributed by atoms with E-state index in [1.54, 1.807) is 0 Å². The van der Waals surface area contributed by atoms with Gasteiger partial charge in [0.15, 0.2) is 6.61 Å². The van der Waals surface area contributed by atoms with E-state index in [9.17, 15) is 26.2 Å². The Morgan fingerprint density at radius 3 is 1.95 bits per heavy atom. The third-order valence-electron chi connectivity index (χ3n) is 1.56. The van der Waals surface area contributed by atoms with Crippen molar-refractivity contribution in [2.24, 2.45) is 0 Å². The van der Waals surface area contributed by atoms with E-state index in [2.05, 4.69) is 8.71 Å². The molecule has 7 nitrogen and oxygen atoms in total. The lowest BCUT2D eigenvalue weighted by atomic mass is 10.7. The first-order valence-electron chi connectivity index (χ1n) is 5.51. The number of phosphoric acid groups is 1. The summed E-state index contributed by atoms with van der Waals surface area (Å²) in [6.07, 6.45) is -4.76. The molecule has 0 aromatic carbocycles. The van der Waals surface area contributed by atoms with Crippen LogP contribution in [0.5, 0.6) is 0 Å². The van der Waals surface area contributed by atoms with Gasteiger partial charge in [-0.25, -0.2) is 4.57 Å². The Morgan fingerprint density at radius 2 is 1.55 bits per heavy atom. The molecule has 0 rings (SSSR count). The number of phosphoric ester groups is 1. The van der Waals surface area contributed by atoms with Crippen molar-refractivity contribution in [3.8, 4) is 0 Å². The van der Waals surface area contributed by atoms with Gasteiger partial charge in [0, 0.05) is 0 Å². The molecule has 122 valence electrons. The van der Waals surface area contributed by atoms with Gasteiger partial charge in [-0.1, -0.05) is 0 Å². The molecule has 0 aromatic heterocycles. The average molecular weight is 344 g/mol. The third-order valence-corrected chi connectivity index (χ3v) is 4.35. The van der Waals surface area contributed by atoms with E-state index < -0.39 is 43.1 Å². The minimum absolute atomic E-state index is 0.00536. The standard InChI is InChI=1S/C8H16F3O7PS/c1-3-15-19(12,16-4-2)17-5-6-20(13,14)18-7-8(9,10)11/h3-7H2,1-2H3. The molecule has 20 heavy (non-hydrogen) atoms. The van der Waals surface area contributed by atoms with Crippen LogP contribution in [0.15, 0.2) is 0 Å². The SMILES string of the molecule is CCOP(=O)(OCC)OCCS(=O)(=O)OCC(F)(F)F. The maximum absolute atomic E-state index is 11.8. The van der Waals surface area contributed by atoms with Crippen molar-refractivity contribution in [3.05, 3.63) is 0 Å². The Morgan fingerprint density at radius 1 is 1.05 bits per heavy atom. The lowest BCUT2D eigenvalue weighted by molar-refractivity contribution is -0.152. The maximum Gasteiger partial charge on any atom is 0.474 e. The topological polar surface area (TPSA) is 88.1 Å². The van der Waals surface area contributed by atoms with E-state index in [4.69, 9.17) is 9.05 Å². The van der Waals surface area contributed by atoms with Crippen molar-refractivity contribution in [1.82, 2.24) is 0 Å². The van der Waals surface area contributed by atoms with Gasteiger partial charge < -0.3 is 0 Å². The van der Waals surface area contributed by atoms with Crippen LogP contribution in [0.2, 0.25) is 0 Å². The van der Waals surface area contributed by atoms with Crippen LogP contribution in [0.3, 0.4) is 0 Å². The van der Waals surface area contributed by atoms with Crippen LogP contribution in [0.25, 0.3) is 0 Å². The summed E-state index contributed by atoms with van der Waals surface area (Å²) in [6, 6.07) is 0. The molecular formula is C8H16F3O7PS. The summed E-state index contributed by atoms with van der Waals surface area (Å²) in [7, 11) is -8.34. The second kappa shape index (κ2) is 8.30. The van der Waals surface area contributed by atoms with Gasteiger partial charge in [0.2, 0.25) is 0 Å². The zero-order valence-corrected chi connectivity index (χ0v) is 12.6. The summed E-state index contributed by atoms with van der Waals surface area (Å²) >= 11 is 0. The molecule has 0 amide bonds. The summed E-state index contributed by atoms with van der Waals surface area (Å²) in [4.78, 5) is 0. The molecule has 0 fully saturated rings. The predicted octanol–water partition coefficient (Wildman–Crippen LogP) is 2.09. The fourth-order valence-electron chi connectivity index (χ4n) is 0.895. The van der Waals surface area contributed by atoms with Crippen molar-refractivity contribution in [3.63, 3.8) is 0 Å². The number of halogens is 3. The first kappa shape index (κ1) is 19.8. The maximum atomic E-state index is 11.8. The normalized spacial score (nSPS) is 13.7. The summed E-state index contributed by atoms with van der Waals surface area (Å²) in [6.45, 7) is 0.404. The second-order valence-electron chi connectivity index (χ2n) is 3.26. The Kier molecular flexibility index (Phi) is 8.22. The van der Waals surface area contributed by atoms with Crippen LogP contribution in [-0.2, 0) is 32.4 Å². The molecule has 0 aliphatic carbocycles. The van der Waals surface area contributed by atoms with Gasteiger partial charge >= 0.3 is 14.0 Å². The van der Waals surface area contributed by atoms with Crippen molar-refractivity contribution < 1.29 is 43.9 Å². The molecule has 0 radical (unpaired) electrons. The Hall–Kier alpha value is -0.190. The molecule has 0 N–H and O–H groups in total. The molecule has 0 unspecified atom stereocenters. The van der Waals surface area contributed by atoms with Gasteiger partial charge in [0.05, 0.1) is 25.6 Å². The Bertz CT molecular complexity index is 412. The molecule has 0 saturated heterocycles. The van der Waals surface area contributed by atoms with E-state index in [0.29, 0.717) is 0 Å². The smallest absolute Gasteiger partial charge is 0.287 e. The van der Waals surface area contributed by atoms with E-state index in [0.717, 1.165) is 0 Å². The monoisotopic (exact) mass is 344 g/mol. The molecular weight excluding hydrogens is 328 g/mol. The molecule has 0 bridgehead atoms. The summed E-state index contributed by atoms with van der Waals surface area (Å²) in [5.74, 6) is -0.910. The lowest BCUT2D eigenvalue weighted by Gasteiger charge is -2.16.